The molecule has 6 rings (SSSR count). The molecule has 2 aliphatic rings. The van der Waals surface area contributed by atoms with E-state index in [0.717, 1.165) is 6.07 Å². The minimum absolute atomic E-state index is 0.0317. The van der Waals surface area contributed by atoms with Gasteiger partial charge in [-0.15, -0.1) is 0 Å². The van der Waals surface area contributed by atoms with Crippen LogP contribution in [0.5, 0.6) is 17.2 Å². The van der Waals surface area contributed by atoms with E-state index in [2.05, 4.69) is 21.4 Å². The van der Waals surface area contributed by atoms with Gasteiger partial charge in [0, 0.05) is 41.2 Å². The highest BCUT2D eigenvalue weighted by Gasteiger charge is 2.73. The molecule has 2 aliphatic heterocycles. The average Bonchev–Trinajstić information content (AvgIpc) is 3.55. The number of imide groups is 1. The summed E-state index contributed by atoms with van der Waals surface area (Å²) < 4.78 is 44.8. The Balaban J connectivity index is 1.81. The summed E-state index contributed by atoms with van der Waals surface area (Å²) in [6, 6.07) is 19.5. The number of nitrogens with one attached hydrogen (secondary N) is 1. The SMILES string of the molecule is CCOc1ccccc1C1(C2CNc3ccccc32)C(=O)[N+](C(=O)[O-])(S(=O)(=O)c2ccc(OC)cc2OC)CC(C#N)N1c1nc(C)cc(C)n1. The first kappa shape index (κ1) is 35.1. The number of carbonyl (C=O) groups excluding carboxylic acids is 2. The van der Waals surface area contributed by atoms with Crippen LogP contribution in [-0.2, 0) is 20.4 Å². The number of nitriles is 1. The molecule has 15 heteroatoms. The maximum absolute atomic E-state index is 16.1. The molecule has 1 aromatic heterocycles. The van der Waals surface area contributed by atoms with Gasteiger partial charge in [0.15, 0.2) is 16.5 Å². The van der Waals surface area contributed by atoms with Crippen LogP contribution in [0.15, 0.2) is 77.7 Å². The lowest BCUT2D eigenvalue weighted by Gasteiger charge is -2.54. The molecule has 4 unspecified atom stereocenters. The summed E-state index contributed by atoms with van der Waals surface area (Å²) in [5, 5.41) is 28.1. The molecule has 1 saturated heterocycles. The Hall–Kier alpha value is -5.72. The number of anilines is 2. The normalized spacial score (nSPS) is 22.7. The maximum atomic E-state index is 16.1. The standard InChI is InChI=1S/C36H36N6O8S/c1-6-50-30-14-10-8-12-27(30)36(28-20-38-29-13-9-7-11-26(28)29)33(43)42(35(44)45,51(46,47)32-16-15-25(48-4)18-31(32)49-5)21-24(19-37)41(36)34-39-22(2)17-23(3)40-34/h7-18,24,28,38H,6,20-21H2,1-5H3. The predicted octanol–water partition coefficient (Wildman–Crippen LogP) is 3.40. The van der Waals surface area contributed by atoms with Crippen molar-refractivity contribution in [2.45, 2.75) is 43.2 Å². The molecule has 1 N–H and O–H groups in total. The number of quaternary nitrogens is 1. The van der Waals surface area contributed by atoms with Gasteiger partial charge >= 0.3 is 15.9 Å². The molecule has 3 aromatic carbocycles. The first-order valence-electron chi connectivity index (χ1n) is 16.1. The van der Waals surface area contributed by atoms with Gasteiger partial charge in [0.1, 0.15) is 23.8 Å². The molecule has 0 saturated carbocycles. The van der Waals surface area contributed by atoms with Crippen molar-refractivity contribution >= 4 is 33.7 Å². The lowest BCUT2D eigenvalue weighted by atomic mass is 9.70. The number of methoxy groups -OCH3 is 2. The molecule has 1 fully saturated rings. The minimum Gasteiger partial charge on any atom is -0.497 e. The van der Waals surface area contributed by atoms with E-state index in [4.69, 9.17) is 14.2 Å². The fourth-order valence-electron chi connectivity index (χ4n) is 7.33. The number of nitrogens with zero attached hydrogens (tertiary/aromatic N) is 5. The lowest BCUT2D eigenvalue weighted by molar-refractivity contribution is -0.693. The smallest absolute Gasteiger partial charge is 0.366 e. The van der Waals surface area contributed by atoms with E-state index in [1.165, 1.54) is 31.3 Å². The topological polar surface area (TPSA) is 184 Å². The summed E-state index contributed by atoms with van der Waals surface area (Å²) >= 11 is 0. The Morgan fingerprint density at radius 2 is 1.73 bits per heavy atom. The summed E-state index contributed by atoms with van der Waals surface area (Å²) in [4.78, 5) is 40.1. The van der Waals surface area contributed by atoms with Crippen molar-refractivity contribution in [2.24, 2.45) is 0 Å². The van der Waals surface area contributed by atoms with Gasteiger partial charge in [0.25, 0.3) is 6.09 Å². The van der Waals surface area contributed by atoms with Gasteiger partial charge in [-0.3, -0.25) is 4.90 Å². The van der Waals surface area contributed by atoms with E-state index >= 15 is 13.2 Å². The fourth-order valence-corrected chi connectivity index (χ4v) is 9.19. The first-order chi connectivity index (χ1) is 24.4. The number of piperazine rings is 1. The Morgan fingerprint density at radius 1 is 1.04 bits per heavy atom. The Bertz CT molecular complexity index is 2170. The molecule has 4 atom stereocenters. The molecule has 0 spiro atoms. The Kier molecular flexibility index (Phi) is 9.09. The molecule has 0 aliphatic carbocycles. The van der Waals surface area contributed by atoms with Gasteiger partial charge in [-0.1, -0.05) is 40.3 Å². The van der Waals surface area contributed by atoms with E-state index < -0.39 is 54.9 Å². The van der Waals surface area contributed by atoms with Gasteiger partial charge in [-0.25, -0.2) is 14.8 Å². The predicted molar refractivity (Wildman–Crippen MR) is 183 cm³/mol. The second kappa shape index (κ2) is 13.2. The highest BCUT2D eigenvalue weighted by molar-refractivity contribution is 7.86. The third kappa shape index (κ3) is 5.21. The largest absolute Gasteiger partial charge is 0.497 e. The van der Waals surface area contributed by atoms with Crippen molar-refractivity contribution in [1.82, 2.24) is 9.97 Å². The first-order valence-corrected chi connectivity index (χ1v) is 17.5. The van der Waals surface area contributed by atoms with Crippen LogP contribution in [0.2, 0.25) is 0 Å². The van der Waals surface area contributed by atoms with Crippen LogP contribution in [0.1, 0.15) is 35.4 Å². The van der Waals surface area contributed by atoms with Crippen LogP contribution in [0, 0.1) is 25.2 Å². The summed E-state index contributed by atoms with van der Waals surface area (Å²) in [5.41, 5.74) is -0.00227. The van der Waals surface area contributed by atoms with Crippen LogP contribution in [0.4, 0.5) is 16.4 Å². The van der Waals surface area contributed by atoms with Crippen LogP contribution in [-0.4, -0.2) is 74.2 Å². The minimum atomic E-state index is -5.35. The van der Waals surface area contributed by atoms with Gasteiger partial charge < -0.3 is 29.4 Å². The highest BCUT2D eigenvalue weighted by atomic mass is 32.2. The fraction of sp³-hybridized carbons (Fsp3) is 0.306. The van der Waals surface area contributed by atoms with Crippen molar-refractivity contribution in [3.05, 3.63) is 95.3 Å². The quantitative estimate of drug-likeness (QED) is 0.249. The van der Waals surface area contributed by atoms with Crippen LogP contribution in [0.3, 0.4) is 0 Å². The molecular formula is C36H36N6O8S. The van der Waals surface area contributed by atoms with Crippen LogP contribution < -0.4 is 29.5 Å². The van der Waals surface area contributed by atoms with E-state index in [9.17, 15) is 15.2 Å². The number of para-hydroxylation sites is 2. The van der Waals surface area contributed by atoms with Gasteiger partial charge in [0.05, 0.1) is 26.9 Å². The summed E-state index contributed by atoms with van der Waals surface area (Å²) in [6.45, 7) is 4.27. The van der Waals surface area contributed by atoms with Gasteiger partial charge in [0.2, 0.25) is 5.95 Å². The zero-order valence-electron chi connectivity index (χ0n) is 28.6. The monoisotopic (exact) mass is 712 g/mol. The number of aromatic nitrogens is 2. The number of fused-ring (bicyclic) bond motifs is 1. The van der Waals surface area contributed by atoms with Crippen molar-refractivity contribution in [3.63, 3.8) is 0 Å². The highest BCUT2D eigenvalue weighted by Crippen LogP contribution is 2.56. The summed E-state index contributed by atoms with van der Waals surface area (Å²) in [7, 11) is -2.78. The number of rotatable bonds is 9. The van der Waals surface area contributed by atoms with E-state index in [-0.39, 0.29) is 41.9 Å². The number of aryl methyl sites for hydroxylation is 2. The number of hydrogen-bond acceptors (Lipinski definition) is 13. The number of sulfonamides is 1. The molecule has 51 heavy (non-hydrogen) atoms. The van der Waals surface area contributed by atoms with Crippen molar-refractivity contribution in [2.75, 3.05) is 44.1 Å². The van der Waals surface area contributed by atoms with Crippen LogP contribution in [0.25, 0.3) is 0 Å². The molecule has 0 bridgehead atoms. The van der Waals surface area contributed by atoms with Crippen molar-refractivity contribution in [3.8, 4) is 23.3 Å². The van der Waals surface area contributed by atoms with Crippen molar-refractivity contribution in [1.29, 1.82) is 5.26 Å². The number of benzene rings is 3. The second-order valence-electron chi connectivity index (χ2n) is 12.2. The summed E-state index contributed by atoms with van der Waals surface area (Å²) in [5.74, 6) is -2.31. The zero-order chi connectivity index (χ0) is 36.7. The second-order valence-corrected chi connectivity index (χ2v) is 14.2. The number of amides is 2. The van der Waals surface area contributed by atoms with Crippen molar-refractivity contribution < 1.29 is 41.2 Å². The van der Waals surface area contributed by atoms with Crippen LogP contribution >= 0.6 is 0 Å². The number of carbonyl (C=O) groups is 2. The molecule has 2 amide bonds. The molecule has 264 valence electrons. The molecule has 14 nitrogen and oxygen atoms in total. The molecule has 3 heterocycles. The number of ether oxygens (including phenoxy) is 3. The molecular weight excluding hydrogens is 676 g/mol. The third-order valence-corrected chi connectivity index (χ3v) is 11.6. The Morgan fingerprint density at radius 3 is 2.37 bits per heavy atom. The Labute approximate surface area is 295 Å². The lowest BCUT2D eigenvalue weighted by Crippen LogP contribution is -2.81. The summed E-state index contributed by atoms with van der Waals surface area (Å²) in [6.07, 6.45) is -2.25. The molecule has 0 radical (unpaired) electrons. The third-order valence-electron chi connectivity index (χ3n) is 9.40. The van der Waals surface area contributed by atoms with E-state index in [1.807, 2.05) is 0 Å². The van der Waals surface area contributed by atoms with Gasteiger partial charge in [-0.2, -0.15) is 13.7 Å². The van der Waals surface area contributed by atoms with E-state index in [0.29, 0.717) is 22.6 Å². The molecule has 4 aromatic rings. The number of carboxylic acid groups (broad SMARTS) is 1. The van der Waals surface area contributed by atoms with Gasteiger partial charge in [-0.05, 0) is 56.7 Å². The zero-order valence-corrected chi connectivity index (χ0v) is 29.4. The number of hydrogen-bond donors (Lipinski definition) is 1. The van der Waals surface area contributed by atoms with E-state index in [1.54, 1.807) is 75.4 Å². The average molecular weight is 713 g/mol. The maximum Gasteiger partial charge on any atom is 0.366 e.